The number of ether oxygens (including phenoxy) is 1. The van der Waals surface area contributed by atoms with Crippen LogP contribution in [-0.4, -0.2) is 16.0 Å². The first kappa shape index (κ1) is 24.5. The summed E-state index contributed by atoms with van der Waals surface area (Å²) in [4.78, 5) is 20.5. The van der Waals surface area contributed by atoms with Crippen LogP contribution in [0, 0.1) is 5.82 Å². The lowest BCUT2D eigenvalue weighted by Crippen LogP contribution is -2.28. The molecule has 1 saturated heterocycles. The number of hydrogen-bond donors (Lipinski definition) is 0. The first-order valence-electron chi connectivity index (χ1n) is 11.9. The molecule has 1 aliphatic rings. The van der Waals surface area contributed by atoms with Crippen molar-refractivity contribution in [1.82, 2.24) is 4.90 Å². The van der Waals surface area contributed by atoms with Crippen molar-refractivity contribution in [2.75, 3.05) is 0 Å². The van der Waals surface area contributed by atoms with Gasteiger partial charge in [0.25, 0.3) is 5.91 Å². The van der Waals surface area contributed by atoms with E-state index >= 15 is 0 Å². The second-order valence-corrected chi connectivity index (χ2v) is 9.57. The molecular formula is C31H25FN2O2S. The van der Waals surface area contributed by atoms with Crippen LogP contribution in [0.1, 0.15) is 22.3 Å². The number of amides is 1. The van der Waals surface area contributed by atoms with Gasteiger partial charge in [-0.2, -0.15) is 0 Å². The molecule has 0 saturated carbocycles. The number of carbonyl (C=O) groups is 1. The van der Waals surface area contributed by atoms with E-state index in [1.807, 2.05) is 91.0 Å². The van der Waals surface area contributed by atoms with Gasteiger partial charge in [0.2, 0.25) is 0 Å². The Hall–Kier alpha value is -4.16. The van der Waals surface area contributed by atoms with E-state index in [1.54, 1.807) is 17.0 Å². The molecule has 4 nitrogen and oxygen atoms in total. The molecule has 0 atom stereocenters. The van der Waals surface area contributed by atoms with Gasteiger partial charge in [0.15, 0.2) is 5.17 Å². The lowest BCUT2D eigenvalue weighted by Gasteiger charge is -2.15. The van der Waals surface area contributed by atoms with Crippen molar-refractivity contribution in [2.24, 2.45) is 4.99 Å². The van der Waals surface area contributed by atoms with E-state index in [-0.39, 0.29) is 11.7 Å². The lowest BCUT2D eigenvalue weighted by molar-refractivity contribution is -0.122. The van der Waals surface area contributed by atoms with Crippen LogP contribution in [0.2, 0.25) is 0 Å². The molecule has 1 fully saturated rings. The van der Waals surface area contributed by atoms with Crippen LogP contribution >= 0.6 is 11.8 Å². The Labute approximate surface area is 220 Å². The summed E-state index contributed by atoms with van der Waals surface area (Å²) in [6, 6.07) is 33.8. The molecular weight excluding hydrogens is 483 g/mol. The van der Waals surface area contributed by atoms with E-state index in [4.69, 9.17) is 9.73 Å². The van der Waals surface area contributed by atoms with Crippen LogP contribution in [0.15, 0.2) is 119 Å². The van der Waals surface area contributed by atoms with E-state index in [0.717, 1.165) is 22.3 Å². The number of thioether (sulfide) groups is 1. The summed E-state index contributed by atoms with van der Waals surface area (Å²) in [5.74, 6) is 0.376. The molecule has 1 aliphatic heterocycles. The van der Waals surface area contributed by atoms with E-state index in [9.17, 15) is 9.18 Å². The van der Waals surface area contributed by atoms with Crippen LogP contribution in [0.3, 0.4) is 0 Å². The van der Waals surface area contributed by atoms with E-state index < -0.39 is 0 Å². The minimum absolute atomic E-state index is 0.0581. The molecule has 0 unspecified atom stereocenters. The first-order chi connectivity index (χ1) is 18.1. The highest BCUT2D eigenvalue weighted by molar-refractivity contribution is 8.18. The van der Waals surface area contributed by atoms with Gasteiger partial charge in [-0.05, 0) is 64.4 Å². The van der Waals surface area contributed by atoms with Gasteiger partial charge in [-0.1, -0.05) is 84.9 Å². The summed E-state index contributed by atoms with van der Waals surface area (Å²) in [5.41, 5.74) is 3.93. The maximum atomic E-state index is 13.4. The summed E-state index contributed by atoms with van der Waals surface area (Å²) in [6.07, 6.45) is 1.89. The smallest absolute Gasteiger partial charge is 0.267 e. The summed E-state index contributed by atoms with van der Waals surface area (Å²) in [7, 11) is 0. The van der Waals surface area contributed by atoms with Gasteiger partial charge in [-0.25, -0.2) is 4.39 Å². The third-order valence-corrected chi connectivity index (χ3v) is 6.85. The van der Waals surface area contributed by atoms with Crippen LogP contribution < -0.4 is 4.74 Å². The molecule has 5 rings (SSSR count). The monoisotopic (exact) mass is 508 g/mol. The van der Waals surface area contributed by atoms with Gasteiger partial charge in [0.05, 0.1) is 18.0 Å². The molecule has 0 bridgehead atoms. The fourth-order valence-electron chi connectivity index (χ4n) is 3.83. The van der Waals surface area contributed by atoms with Gasteiger partial charge in [-0.15, -0.1) is 0 Å². The number of nitrogens with zero attached hydrogens (tertiary/aromatic N) is 2. The number of benzene rings is 4. The fraction of sp³-hybridized carbons (Fsp3) is 0.0968. The van der Waals surface area contributed by atoms with Gasteiger partial charge < -0.3 is 4.74 Å². The number of carbonyl (C=O) groups excluding carboxylic acids is 1. The predicted octanol–water partition coefficient (Wildman–Crippen LogP) is 7.08. The molecule has 6 heteroatoms. The summed E-state index contributed by atoms with van der Waals surface area (Å²) in [5, 5.41) is 0.697. The minimum atomic E-state index is -0.268. The maximum absolute atomic E-state index is 13.4. The van der Waals surface area contributed by atoms with Crippen molar-refractivity contribution in [2.45, 2.75) is 19.7 Å². The van der Waals surface area contributed by atoms with Crippen LogP contribution in [0.4, 0.5) is 4.39 Å². The maximum Gasteiger partial charge on any atom is 0.267 e. The predicted molar refractivity (Wildman–Crippen MR) is 147 cm³/mol. The van der Waals surface area contributed by atoms with Crippen LogP contribution in [-0.2, 0) is 24.5 Å². The van der Waals surface area contributed by atoms with Crippen molar-refractivity contribution < 1.29 is 13.9 Å². The molecule has 0 N–H and O–H groups in total. The lowest BCUT2D eigenvalue weighted by atomic mass is 10.2. The second kappa shape index (κ2) is 11.7. The van der Waals surface area contributed by atoms with Crippen molar-refractivity contribution in [3.8, 4) is 5.75 Å². The Bertz CT molecular complexity index is 1400. The molecule has 4 aromatic carbocycles. The van der Waals surface area contributed by atoms with Gasteiger partial charge in [0, 0.05) is 0 Å². The molecule has 0 aliphatic carbocycles. The molecule has 0 spiro atoms. The highest BCUT2D eigenvalue weighted by Gasteiger charge is 2.33. The number of amidine groups is 1. The topological polar surface area (TPSA) is 41.9 Å². The van der Waals surface area contributed by atoms with Crippen molar-refractivity contribution in [3.63, 3.8) is 0 Å². The number of halogens is 1. The van der Waals surface area contributed by atoms with Gasteiger partial charge in [0.1, 0.15) is 18.2 Å². The van der Waals surface area contributed by atoms with Crippen LogP contribution in [0.25, 0.3) is 6.08 Å². The number of aliphatic imine (C=N–C) groups is 1. The molecule has 4 aromatic rings. The number of hydrogen-bond acceptors (Lipinski definition) is 4. The molecule has 1 heterocycles. The largest absolute Gasteiger partial charge is 0.489 e. The normalized spacial score (nSPS) is 15.5. The average molecular weight is 509 g/mol. The SMILES string of the molecule is O=C1/C(=C\c2ccc(OCc3ccc(F)cc3)cc2)SC(=NCc2ccccc2)N1Cc1ccccc1. The fourth-order valence-corrected chi connectivity index (χ4v) is 4.81. The summed E-state index contributed by atoms with van der Waals surface area (Å²) < 4.78 is 18.9. The Morgan fingerprint density at radius 1 is 0.784 bits per heavy atom. The van der Waals surface area contributed by atoms with Crippen molar-refractivity contribution in [1.29, 1.82) is 0 Å². The summed E-state index contributed by atoms with van der Waals surface area (Å²) in [6.45, 7) is 1.33. The van der Waals surface area contributed by atoms with Gasteiger partial charge in [-0.3, -0.25) is 14.7 Å². The minimum Gasteiger partial charge on any atom is -0.489 e. The third kappa shape index (κ3) is 6.54. The molecule has 37 heavy (non-hydrogen) atoms. The third-order valence-electron chi connectivity index (χ3n) is 5.81. The highest BCUT2D eigenvalue weighted by Crippen LogP contribution is 2.34. The number of rotatable bonds is 8. The Morgan fingerprint density at radius 3 is 2.11 bits per heavy atom. The molecule has 0 aromatic heterocycles. The highest BCUT2D eigenvalue weighted by atomic mass is 32.2. The average Bonchev–Trinajstić information content (AvgIpc) is 3.22. The van der Waals surface area contributed by atoms with Crippen molar-refractivity contribution >= 4 is 28.9 Å². The zero-order valence-electron chi connectivity index (χ0n) is 20.1. The molecule has 1 amide bonds. The van der Waals surface area contributed by atoms with E-state index in [1.165, 1.54) is 23.9 Å². The van der Waals surface area contributed by atoms with Crippen LogP contribution in [0.5, 0.6) is 5.75 Å². The Balaban J connectivity index is 1.31. The quantitative estimate of drug-likeness (QED) is 0.239. The Morgan fingerprint density at radius 2 is 1.43 bits per heavy atom. The van der Waals surface area contributed by atoms with Gasteiger partial charge >= 0.3 is 0 Å². The molecule has 184 valence electrons. The second-order valence-electron chi connectivity index (χ2n) is 8.56. The standard InChI is InChI=1S/C31H25FN2O2S/c32-27-15-11-26(12-16-27)22-36-28-17-13-23(14-18-28)19-29-30(35)34(21-25-9-5-2-6-10-25)31(37-29)33-20-24-7-3-1-4-8-24/h1-19H,20-22H2/b29-19+,33-31?. The molecule has 0 radical (unpaired) electrons. The summed E-state index contributed by atoms with van der Waals surface area (Å²) >= 11 is 1.40. The van der Waals surface area contributed by atoms with E-state index in [0.29, 0.717) is 35.5 Å². The van der Waals surface area contributed by atoms with E-state index in [2.05, 4.69) is 0 Å². The van der Waals surface area contributed by atoms with Crippen molar-refractivity contribution in [3.05, 3.63) is 142 Å². The first-order valence-corrected chi connectivity index (χ1v) is 12.8. The zero-order valence-corrected chi connectivity index (χ0v) is 20.9. The Kier molecular flexibility index (Phi) is 7.77. The zero-order chi connectivity index (χ0) is 25.5.